The summed E-state index contributed by atoms with van der Waals surface area (Å²) in [6.07, 6.45) is -3.47. The van der Waals surface area contributed by atoms with Crippen LogP contribution in [0, 0.1) is 0 Å². The third kappa shape index (κ3) is 5.22. The van der Waals surface area contributed by atoms with Gasteiger partial charge in [0.2, 0.25) is 0 Å². The van der Waals surface area contributed by atoms with E-state index < -0.39 is 17.7 Å². The molecule has 1 unspecified atom stereocenters. The Morgan fingerprint density at radius 1 is 1.22 bits per heavy atom. The molecule has 4 nitrogen and oxygen atoms in total. The molecule has 0 amide bonds. The van der Waals surface area contributed by atoms with Gasteiger partial charge in [0.15, 0.2) is 0 Å². The molecule has 0 saturated carbocycles. The minimum absolute atomic E-state index is 0.00976. The van der Waals surface area contributed by atoms with E-state index in [9.17, 15) is 23.1 Å². The van der Waals surface area contributed by atoms with E-state index in [4.69, 9.17) is 0 Å². The molecule has 18 heavy (non-hydrogen) atoms. The third-order valence-electron chi connectivity index (χ3n) is 1.78. The average molecular weight is 267 g/mol. The molecule has 0 rings (SSSR count). The molecule has 7 heteroatoms. The van der Waals surface area contributed by atoms with Crippen molar-refractivity contribution in [3.8, 4) is 0 Å². The highest BCUT2D eigenvalue weighted by Crippen LogP contribution is 2.30. The van der Waals surface area contributed by atoms with Gasteiger partial charge in [0.05, 0.1) is 19.5 Å². The van der Waals surface area contributed by atoms with Crippen LogP contribution in [0.5, 0.6) is 0 Å². The molecule has 0 aromatic carbocycles. The summed E-state index contributed by atoms with van der Waals surface area (Å²) in [6.45, 7) is 3.19. The molecule has 0 bridgehead atoms. The summed E-state index contributed by atoms with van der Waals surface area (Å²) in [5.74, 6) is -1.01. The summed E-state index contributed by atoms with van der Waals surface area (Å²) in [5, 5.41) is 11.5. The Kier molecular flexibility index (Phi) is 6.46. The van der Waals surface area contributed by atoms with E-state index in [1.54, 1.807) is 6.92 Å². The SMILES string of the molecule is CCO/C=C\C([O-])(/C=C\C(=O)OCC)C(F)(F)F. The summed E-state index contributed by atoms with van der Waals surface area (Å²) in [7, 11) is 0. The second kappa shape index (κ2) is 7.05. The average Bonchev–Trinajstić information content (AvgIpc) is 2.26. The molecule has 0 aromatic heterocycles. The van der Waals surface area contributed by atoms with Crippen LogP contribution < -0.4 is 5.11 Å². The van der Waals surface area contributed by atoms with Gasteiger partial charge in [0.25, 0.3) is 0 Å². The maximum absolute atomic E-state index is 12.5. The number of ether oxygens (including phenoxy) is 2. The van der Waals surface area contributed by atoms with Gasteiger partial charge in [-0.05, 0) is 19.9 Å². The van der Waals surface area contributed by atoms with E-state index in [1.807, 2.05) is 0 Å². The van der Waals surface area contributed by atoms with Crippen molar-refractivity contribution in [1.29, 1.82) is 0 Å². The van der Waals surface area contributed by atoms with Gasteiger partial charge in [0.1, 0.15) is 0 Å². The second-order valence-corrected chi connectivity index (χ2v) is 3.13. The molecule has 0 aliphatic carbocycles. The number of esters is 1. The monoisotopic (exact) mass is 267 g/mol. The molecule has 0 aliphatic heterocycles. The number of alkyl halides is 3. The van der Waals surface area contributed by atoms with Crippen LogP contribution in [-0.2, 0) is 14.3 Å². The van der Waals surface area contributed by atoms with Gasteiger partial charge in [-0.1, -0.05) is 6.08 Å². The molecule has 0 aromatic rings. The van der Waals surface area contributed by atoms with Crippen molar-refractivity contribution < 1.29 is 32.5 Å². The molecule has 0 saturated heterocycles. The first-order valence-electron chi connectivity index (χ1n) is 5.19. The van der Waals surface area contributed by atoms with Gasteiger partial charge in [-0.15, -0.1) is 0 Å². The van der Waals surface area contributed by atoms with Gasteiger partial charge >= 0.3 is 12.1 Å². The van der Waals surface area contributed by atoms with Crippen LogP contribution >= 0.6 is 0 Å². The van der Waals surface area contributed by atoms with Gasteiger partial charge in [-0.2, -0.15) is 13.2 Å². The van der Waals surface area contributed by atoms with Crippen molar-refractivity contribution in [1.82, 2.24) is 0 Å². The van der Waals surface area contributed by atoms with E-state index in [0.717, 1.165) is 0 Å². The van der Waals surface area contributed by atoms with Crippen LogP contribution in [0.4, 0.5) is 13.2 Å². The first-order valence-corrected chi connectivity index (χ1v) is 5.19. The number of hydrogen-bond acceptors (Lipinski definition) is 4. The van der Waals surface area contributed by atoms with Crippen molar-refractivity contribution >= 4 is 5.97 Å². The Hall–Kier alpha value is -1.50. The lowest BCUT2D eigenvalue weighted by Crippen LogP contribution is -2.53. The normalized spacial score (nSPS) is 15.9. The number of rotatable bonds is 6. The predicted octanol–water partition coefficient (Wildman–Crippen LogP) is 1.32. The van der Waals surface area contributed by atoms with E-state index in [-0.39, 0.29) is 19.3 Å². The zero-order chi connectivity index (χ0) is 14.2. The zero-order valence-corrected chi connectivity index (χ0v) is 9.99. The summed E-state index contributed by atoms with van der Waals surface area (Å²) in [6, 6.07) is 0. The van der Waals surface area contributed by atoms with Crippen molar-refractivity contribution in [2.45, 2.75) is 25.6 Å². The largest absolute Gasteiger partial charge is 0.837 e. The van der Waals surface area contributed by atoms with Crippen LogP contribution in [-0.4, -0.2) is 31.0 Å². The second-order valence-electron chi connectivity index (χ2n) is 3.13. The zero-order valence-electron chi connectivity index (χ0n) is 9.99. The Labute approximate surface area is 103 Å². The smallest absolute Gasteiger partial charge is 0.386 e. The maximum atomic E-state index is 12.5. The van der Waals surface area contributed by atoms with Crippen LogP contribution in [0.1, 0.15) is 13.8 Å². The first kappa shape index (κ1) is 16.5. The lowest BCUT2D eigenvalue weighted by Gasteiger charge is -2.35. The standard InChI is InChI=1S/C11H14F3O4/c1-3-17-8-7-10(16,11(12,13)14)6-5-9(15)18-4-2/h5-8H,3-4H2,1-2H3/q-1/b6-5-,8-7-. The minimum atomic E-state index is -5.08. The molecule has 0 fully saturated rings. The Morgan fingerprint density at radius 2 is 1.83 bits per heavy atom. The predicted molar refractivity (Wildman–Crippen MR) is 55.3 cm³/mol. The lowest BCUT2D eigenvalue weighted by molar-refractivity contribution is -0.502. The number of hydrogen-bond donors (Lipinski definition) is 0. The Morgan fingerprint density at radius 3 is 2.28 bits per heavy atom. The van der Waals surface area contributed by atoms with Crippen LogP contribution in [0.2, 0.25) is 0 Å². The highest BCUT2D eigenvalue weighted by atomic mass is 19.4. The van der Waals surface area contributed by atoms with E-state index in [2.05, 4.69) is 9.47 Å². The highest BCUT2D eigenvalue weighted by Gasteiger charge is 2.41. The molecular weight excluding hydrogens is 253 g/mol. The van der Waals surface area contributed by atoms with Crippen molar-refractivity contribution in [2.24, 2.45) is 0 Å². The maximum Gasteiger partial charge on any atom is 0.386 e. The summed E-state index contributed by atoms with van der Waals surface area (Å²) in [4.78, 5) is 10.9. The first-order chi connectivity index (χ1) is 8.27. The van der Waals surface area contributed by atoms with Gasteiger partial charge in [-0.25, -0.2) is 4.79 Å². The molecule has 1 atom stereocenters. The Balaban J connectivity index is 4.95. The molecule has 0 radical (unpaired) electrons. The minimum Gasteiger partial charge on any atom is -0.837 e. The van der Waals surface area contributed by atoms with Crippen LogP contribution in [0.3, 0.4) is 0 Å². The molecule has 0 aliphatic rings. The summed E-state index contributed by atoms with van der Waals surface area (Å²) >= 11 is 0. The molecule has 104 valence electrons. The van der Waals surface area contributed by atoms with E-state index >= 15 is 0 Å². The van der Waals surface area contributed by atoms with E-state index in [0.29, 0.717) is 18.4 Å². The molecule has 0 heterocycles. The molecular formula is C11H14F3O4-. The molecule has 0 N–H and O–H groups in total. The fourth-order valence-electron chi connectivity index (χ4n) is 0.872. The lowest BCUT2D eigenvalue weighted by atomic mass is 10.0. The van der Waals surface area contributed by atoms with Crippen molar-refractivity contribution in [2.75, 3.05) is 13.2 Å². The van der Waals surface area contributed by atoms with Crippen LogP contribution in [0.15, 0.2) is 24.5 Å². The highest BCUT2D eigenvalue weighted by molar-refractivity contribution is 5.82. The van der Waals surface area contributed by atoms with Gasteiger partial charge in [-0.3, -0.25) is 0 Å². The quantitative estimate of drug-likeness (QED) is 0.413. The fourth-order valence-corrected chi connectivity index (χ4v) is 0.872. The van der Waals surface area contributed by atoms with Crippen LogP contribution in [0.25, 0.3) is 0 Å². The molecule has 0 spiro atoms. The number of carbonyl (C=O) groups excluding carboxylic acids is 1. The van der Waals surface area contributed by atoms with Crippen molar-refractivity contribution in [3.63, 3.8) is 0 Å². The third-order valence-corrected chi connectivity index (χ3v) is 1.78. The van der Waals surface area contributed by atoms with Crippen molar-refractivity contribution in [3.05, 3.63) is 24.5 Å². The number of halogens is 3. The summed E-state index contributed by atoms with van der Waals surface area (Å²) < 4.78 is 46.6. The van der Waals surface area contributed by atoms with Gasteiger partial charge in [0, 0.05) is 11.7 Å². The number of carbonyl (C=O) groups is 1. The summed E-state index contributed by atoms with van der Waals surface area (Å²) in [5.41, 5.74) is -3.52. The van der Waals surface area contributed by atoms with E-state index in [1.165, 1.54) is 6.92 Å². The Bertz CT molecular complexity index is 323. The van der Waals surface area contributed by atoms with Gasteiger partial charge < -0.3 is 14.6 Å². The fraction of sp³-hybridized carbons (Fsp3) is 0.545. The topological polar surface area (TPSA) is 58.6 Å².